The second-order valence-corrected chi connectivity index (χ2v) is 5.42. The van der Waals surface area contributed by atoms with E-state index < -0.39 is 0 Å². The molecule has 4 heteroatoms. The second-order valence-electron chi connectivity index (χ2n) is 4.60. The SMILES string of the molecule is CCC(NCC(C)COC)c1ccc(Cl)c(Cl)c1. The van der Waals surface area contributed by atoms with E-state index >= 15 is 0 Å². The van der Waals surface area contributed by atoms with Crippen molar-refractivity contribution in [3.8, 4) is 0 Å². The zero-order valence-corrected chi connectivity index (χ0v) is 12.7. The van der Waals surface area contributed by atoms with E-state index in [1.165, 1.54) is 5.56 Å². The van der Waals surface area contributed by atoms with Crippen LogP contribution in [0.4, 0.5) is 0 Å². The van der Waals surface area contributed by atoms with E-state index in [0.717, 1.165) is 19.6 Å². The lowest BCUT2D eigenvalue weighted by Gasteiger charge is -2.20. The third-order valence-corrected chi connectivity index (χ3v) is 3.66. The Labute approximate surface area is 120 Å². The van der Waals surface area contributed by atoms with Crippen molar-refractivity contribution < 1.29 is 4.74 Å². The normalized spacial score (nSPS) is 14.5. The van der Waals surface area contributed by atoms with Gasteiger partial charge < -0.3 is 10.1 Å². The van der Waals surface area contributed by atoms with Crippen molar-refractivity contribution in [3.63, 3.8) is 0 Å². The lowest BCUT2D eigenvalue weighted by atomic mass is 10.0. The summed E-state index contributed by atoms with van der Waals surface area (Å²) in [7, 11) is 1.73. The van der Waals surface area contributed by atoms with Crippen LogP contribution in [-0.4, -0.2) is 20.3 Å². The Hall–Kier alpha value is -0.280. The molecule has 0 saturated heterocycles. The van der Waals surface area contributed by atoms with Crippen LogP contribution in [0.1, 0.15) is 31.9 Å². The molecule has 0 heterocycles. The molecule has 18 heavy (non-hydrogen) atoms. The highest BCUT2D eigenvalue weighted by atomic mass is 35.5. The van der Waals surface area contributed by atoms with Crippen LogP contribution in [0.5, 0.6) is 0 Å². The molecular formula is C14H21Cl2NO. The summed E-state index contributed by atoms with van der Waals surface area (Å²) < 4.78 is 5.13. The predicted octanol–water partition coefficient (Wildman–Crippen LogP) is 4.32. The molecule has 0 spiro atoms. The predicted molar refractivity (Wildman–Crippen MR) is 78.5 cm³/mol. The average molecular weight is 290 g/mol. The average Bonchev–Trinajstić information content (AvgIpc) is 2.34. The molecule has 1 aromatic rings. The molecule has 1 N–H and O–H groups in total. The Balaban J connectivity index is 2.62. The largest absolute Gasteiger partial charge is 0.384 e. The Morgan fingerprint density at radius 3 is 2.56 bits per heavy atom. The second kappa shape index (κ2) is 8.00. The number of hydrogen-bond acceptors (Lipinski definition) is 2. The summed E-state index contributed by atoms with van der Waals surface area (Å²) in [6.07, 6.45) is 1.01. The van der Waals surface area contributed by atoms with Crippen LogP contribution >= 0.6 is 23.2 Å². The molecule has 2 unspecified atom stereocenters. The quantitative estimate of drug-likeness (QED) is 0.807. The summed E-state index contributed by atoms with van der Waals surface area (Å²) in [4.78, 5) is 0. The van der Waals surface area contributed by atoms with Crippen LogP contribution in [-0.2, 0) is 4.74 Å². The molecule has 0 aliphatic carbocycles. The minimum absolute atomic E-state index is 0.305. The van der Waals surface area contributed by atoms with Gasteiger partial charge in [0.05, 0.1) is 10.0 Å². The van der Waals surface area contributed by atoms with Crippen molar-refractivity contribution in [2.45, 2.75) is 26.3 Å². The van der Waals surface area contributed by atoms with E-state index in [2.05, 4.69) is 19.2 Å². The highest BCUT2D eigenvalue weighted by Crippen LogP contribution is 2.26. The van der Waals surface area contributed by atoms with Gasteiger partial charge in [0.25, 0.3) is 0 Å². The zero-order chi connectivity index (χ0) is 13.5. The number of hydrogen-bond donors (Lipinski definition) is 1. The van der Waals surface area contributed by atoms with E-state index in [-0.39, 0.29) is 0 Å². The van der Waals surface area contributed by atoms with Crippen LogP contribution in [0.15, 0.2) is 18.2 Å². The molecule has 2 atom stereocenters. The van der Waals surface area contributed by atoms with E-state index in [9.17, 15) is 0 Å². The molecule has 2 nitrogen and oxygen atoms in total. The minimum atomic E-state index is 0.305. The molecule has 0 saturated carbocycles. The number of nitrogens with one attached hydrogen (secondary N) is 1. The van der Waals surface area contributed by atoms with Crippen LogP contribution in [0.3, 0.4) is 0 Å². The first-order valence-corrected chi connectivity index (χ1v) is 7.01. The smallest absolute Gasteiger partial charge is 0.0595 e. The molecule has 102 valence electrons. The first kappa shape index (κ1) is 15.8. The number of methoxy groups -OCH3 is 1. The van der Waals surface area contributed by atoms with Crippen molar-refractivity contribution in [2.75, 3.05) is 20.3 Å². The lowest BCUT2D eigenvalue weighted by molar-refractivity contribution is 0.156. The van der Waals surface area contributed by atoms with E-state index in [1.54, 1.807) is 7.11 Å². The molecule has 0 radical (unpaired) electrons. The zero-order valence-electron chi connectivity index (χ0n) is 11.2. The van der Waals surface area contributed by atoms with Gasteiger partial charge in [-0.3, -0.25) is 0 Å². The third-order valence-electron chi connectivity index (χ3n) is 2.92. The summed E-state index contributed by atoms with van der Waals surface area (Å²) in [6.45, 7) is 6.01. The molecule has 0 aliphatic rings. The van der Waals surface area contributed by atoms with Gasteiger partial charge in [-0.2, -0.15) is 0 Å². The van der Waals surface area contributed by atoms with E-state index in [1.807, 2.05) is 18.2 Å². The number of halogens is 2. The summed E-state index contributed by atoms with van der Waals surface area (Å²) >= 11 is 12.0. The number of rotatable bonds is 7. The van der Waals surface area contributed by atoms with Crippen molar-refractivity contribution in [1.29, 1.82) is 0 Å². The fourth-order valence-corrected chi connectivity index (χ4v) is 2.22. The number of ether oxygens (including phenoxy) is 1. The number of benzene rings is 1. The fraction of sp³-hybridized carbons (Fsp3) is 0.571. The van der Waals surface area contributed by atoms with Gasteiger partial charge in [0.1, 0.15) is 0 Å². The summed E-state index contributed by atoms with van der Waals surface area (Å²) in [5, 5.41) is 4.75. The molecular weight excluding hydrogens is 269 g/mol. The topological polar surface area (TPSA) is 21.3 Å². The highest BCUT2D eigenvalue weighted by molar-refractivity contribution is 6.42. The molecule has 0 aliphatic heterocycles. The molecule has 1 aromatic carbocycles. The maximum Gasteiger partial charge on any atom is 0.0595 e. The van der Waals surface area contributed by atoms with E-state index in [0.29, 0.717) is 22.0 Å². The Kier molecular flexibility index (Phi) is 7.02. The van der Waals surface area contributed by atoms with Gasteiger partial charge in [-0.05, 0) is 30.0 Å². The first-order valence-electron chi connectivity index (χ1n) is 6.25. The maximum absolute atomic E-state index is 6.05. The van der Waals surface area contributed by atoms with Crippen LogP contribution in [0.2, 0.25) is 10.0 Å². The highest BCUT2D eigenvalue weighted by Gasteiger charge is 2.12. The first-order chi connectivity index (χ1) is 8.58. The minimum Gasteiger partial charge on any atom is -0.384 e. The van der Waals surface area contributed by atoms with Gasteiger partial charge in [0.15, 0.2) is 0 Å². The standard InChI is InChI=1S/C14H21Cl2NO/c1-4-14(17-8-10(2)9-18-3)11-5-6-12(15)13(16)7-11/h5-7,10,14,17H,4,8-9H2,1-3H3. The maximum atomic E-state index is 6.05. The Bertz CT molecular complexity index is 371. The van der Waals surface area contributed by atoms with Gasteiger partial charge in [0, 0.05) is 26.3 Å². The monoisotopic (exact) mass is 289 g/mol. The molecule has 0 fully saturated rings. The molecule has 0 aromatic heterocycles. The summed E-state index contributed by atoms with van der Waals surface area (Å²) in [5.41, 5.74) is 1.18. The summed E-state index contributed by atoms with van der Waals surface area (Å²) in [6, 6.07) is 6.11. The van der Waals surface area contributed by atoms with Gasteiger partial charge >= 0.3 is 0 Å². The van der Waals surface area contributed by atoms with Gasteiger partial charge in [-0.1, -0.05) is 43.1 Å². The van der Waals surface area contributed by atoms with Crippen molar-refractivity contribution >= 4 is 23.2 Å². The van der Waals surface area contributed by atoms with Gasteiger partial charge in [-0.25, -0.2) is 0 Å². The van der Waals surface area contributed by atoms with Crippen LogP contribution < -0.4 is 5.32 Å². The molecule has 0 amide bonds. The van der Waals surface area contributed by atoms with Crippen molar-refractivity contribution in [3.05, 3.63) is 33.8 Å². The Morgan fingerprint density at radius 2 is 2.00 bits per heavy atom. The van der Waals surface area contributed by atoms with Gasteiger partial charge in [0.2, 0.25) is 0 Å². The van der Waals surface area contributed by atoms with E-state index in [4.69, 9.17) is 27.9 Å². The lowest BCUT2D eigenvalue weighted by Crippen LogP contribution is -2.27. The fourth-order valence-electron chi connectivity index (χ4n) is 1.91. The van der Waals surface area contributed by atoms with Crippen molar-refractivity contribution in [1.82, 2.24) is 5.32 Å². The molecule has 0 bridgehead atoms. The third kappa shape index (κ3) is 4.77. The van der Waals surface area contributed by atoms with Crippen LogP contribution in [0.25, 0.3) is 0 Å². The Morgan fingerprint density at radius 1 is 1.28 bits per heavy atom. The van der Waals surface area contributed by atoms with Crippen LogP contribution in [0, 0.1) is 5.92 Å². The van der Waals surface area contributed by atoms with Gasteiger partial charge in [-0.15, -0.1) is 0 Å². The summed E-state index contributed by atoms with van der Waals surface area (Å²) in [5.74, 6) is 0.492. The molecule has 1 rings (SSSR count). The van der Waals surface area contributed by atoms with Crippen molar-refractivity contribution in [2.24, 2.45) is 5.92 Å².